The lowest BCUT2D eigenvalue weighted by Crippen LogP contribution is -2.47. The number of amides is 1. The molecular weight excluding hydrogens is 455 g/mol. The maximum absolute atomic E-state index is 13.5. The minimum Gasteiger partial charge on any atom is -0.494 e. The fourth-order valence-corrected chi connectivity index (χ4v) is 5.16. The van der Waals surface area contributed by atoms with Crippen LogP contribution in [0.25, 0.3) is 5.69 Å². The highest BCUT2D eigenvalue weighted by Crippen LogP contribution is 2.64. The van der Waals surface area contributed by atoms with E-state index in [4.69, 9.17) is 14.7 Å². The zero-order chi connectivity index (χ0) is 24.6. The average Bonchev–Trinajstić information content (AvgIpc) is 3.43. The number of fused-ring (bicyclic) bond motifs is 5. The number of alkyl halides is 3. The van der Waals surface area contributed by atoms with Crippen LogP contribution in [-0.2, 0) is 26.9 Å². The van der Waals surface area contributed by atoms with Crippen LogP contribution in [0.2, 0.25) is 0 Å². The third-order valence-electron chi connectivity index (χ3n) is 6.97. The molecule has 2 bridgehead atoms. The van der Waals surface area contributed by atoms with Crippen LogP contribution >= 0.6 is 0 Å². The molecule has 0 radical (unpaired) electrons. The van der Waals surface area contributed by atoms with Crippen LogP contribution < -0.4 is 5.32 Å². The molecule has 3 N–H and O–H groups in total. The Balaban J connectivity index is 1.54. The summed E-state index contributed by atoms with van der Waals surface area (Å²) in [7, 11) is 0. The highest BCUT2D eigenvalue weighted by Gasteiger charge is 2.65. The van der Waals surface area contributed by atoms with Gasteiger partial charge in [-0.3, -0.25) is 4.57 Å². The van der Waals surface area contributed by atoms with E-state index in [2.05, 4.69) is 5.32 Å². The lowest BCUT2D eigenvalue weighted by atomic mass is 9.76. The summed E-state index contributed by atoms with van der Waals surface area (Å²) < 4.78 is 52.7. The smallest absolute Gasteiger partial charge is 0.417 e. The Morgan fingerprint density at radius 1 is 1.29 bits per heavy atom. The zero-order valence-corrected chi connectivity index (χ0v) is 18.4. The van der Waals surface area contributed by atoms with Crippen molar-refractivity contribution in [1.82, 2.24) is 9.88 Å². The number of rotatable bonds is 4. The summed E-state index contributed by atoms with van der Waals surface area (Å²) in [4.78, 5) is 12.3. The van der Waals surface area contributed by atoms with E-state index in [1.165, 1.54) is 12.1 Å². The molecule has 34 heavy (non-hydrogen) atoms. The van der Waals surface area contributed by atoms with E-state index in [1.54, 1.807) is 13.8 Å². The SMILES string of the molecule is C[C@]12C[C@H](NC(=O)OCC3CC3)[C@](C)(O1)c1c2c(O)n(-c2ccc(C#N)c(C(F)(F)F)c2)c1O. The highest BCUT2D eigenvalue weighted by molar-refractivity contribution is 5.69. The van der Waals surface area contributed by atoms with Crippen molar-refractivity contribution in [3.05, 3.63) is 40.5 Å². The quantitative estimate of drug-likeness (QED) is 0.609. The number of benzene rings is 1. The number of alkyl carbamates (subject to hydrolysis) is 1. The number of hydrogen-bond acceptors (Lipinski definition) is 6. The molecule has 1 aromatic carbocycles. The topological polar surface area (TPSA) is 117 Å². The molecule has 2 fully saturated rings. The molecular formula is C23H22F3N3O5. The standard InChI is InChI=1S/C23H22F3N3O5/c1-21-8-15(28-20(32)33-10-11-3-4-11)22(2,34-21)17-16(21)18(30)29(19(17)31)13-6-5-12(9-27)14(7-13)23(24,25)26/h5-7,11,15,30-31H,3-4,8,10H2,1-2H3,(H,28,32)/t15-,21+,22-/m0/s1. The predicted octanol–water partition coefficient (Wildman–Crippen LogP) is 4.15. The summed E-state index contributed by atoms with van der Waals surface area (Å²) in [5, 5.41) is 33.9. The summed E-state index contributed by atoms with van der Waals surface area (Å²) >= 11 is 0. The summed E-state index contributed by atoms with van der Waals surface area (Å²) in [6.45, 7) is 3.64. The fourth-order valence-electron chi connectivity index (χ4n) is 5.16. The number of carbonyl (C=O) groups is 1. The van der Waals surface area contributed by atoms with Crippen molar-refractivity contribution < 1.29 is 37.7 Å². The number of halogens is 3. The number of aromatic hydroxyl groups is 2. The Morgan fingerprint density at radius 2 is 1.97 bits per heavy atom. The van der Waals surface area contributed by atoms with Crippen molar-refractivity contribution in [3.63, 3.8) is 0 Å². The van der Waals surface area contributed by atoms with Crippen molar-refractivity contribution in [2.45, 2.75) is 56.5 Å². The summed E-state index contributed by atoms with van der Waals surface area (Å²) in [6.07, 6.45) is -3.13. The van der Waals surface area contributed by atoms with Crippen LogP contribution in [-0.4, -0.2) is 33.5 Å². The Labute approximate surface area is 192 Å². The Bertz CT molecular complexity index is 1250. The normalized spacial score (nSPS) is 27.4. The van der Waals surface area contributed by atoms with E-state index in [9.17, 15) is 28.2 Å². The minimum absolute atomic E-state index is 0.171. The largest absolute Gasteiger partial charge is 0.494 e. The van der Waals surface area contributed by atoms with E-state index in [0.717, 1.165) is 23.5 Å². The Kier molecular flexibility index (Phi) is 4.65. The number of hydrogen-bond donors (Lipinski definition) is 3. The molecule has 11 heteroatoms. The molecule has 180 valence electrons. The first-order valence-corrected chi connectivity index (χ1v) is 10.8. The van der Waals surface area contributed by atoms with Gasteiger partial charge in [-0.25, -0.2) is 4.79 Å². The summed E-state index contributed by atoms with van der Waals surface area (Å²) in [5.74, 6) is -0.591. The number of nitrogens with one attached hydrogen (secondary N) is 1. The maximum atomic E-state index is 13.5. The second kappa shape index (κ2) is 7.06. The van der Waals surface area contributed by atoms with Gasteiger partial charge in [0, 0.05) is 6.42 Å². The van der Waals surface area contributed by atoms with Crippen molar-refractivity contribution >= 4 is 6.09 Å². The van der Waals surface area contributed by atoms with Gasteiger partial charge < -0.3 is 25.0 Å². The third kappa shape index (κ3) is 3.20. The van der Waals surface area contributed by atoms with Gasteiger partial charge in [-0.2, -0.15) is 18.4 Å². The monoisotopic (exact) mass is 477 g/mol. The molecule has 5 rings (SSSR count). The predicted molar refractivity (Wildman–Crippen MR) is 110 cm³/mol. The van der Waals surface area contributed by atoms with E-state index in [0.29, 0.717) is 18.6 Å². The number of ether oxygens (including phenoxy) is 2. The van der Waals surface area contributed by atoms with Gasteiger partial charge >= 0.3 is 12.3 Å². The van der Waals surface area contributed by atoms with Crippen molar-refractivity contribution in [2.24, 2.45) is 5.92 Å². The summed E-state index contributed by atoms with van der Waals surface area (Å²) in [5.41, 5.74) is -3.87. The maximum Gasteiger partial charge on any atom is 0.417 e. The van der Waals surface area contributed by atoms with Gasteiger partial charge in [0.05, 0.1) is 52.3 Å². The molecule has 0 unspecified atom stereocenters. The van der Waals surface area contributed by atoms with Gasteiger partial charge in [-0.1, -0.05) is 0 Å². The van der Waals surface area contributed by atoms with Gasteiger partial charge in [0.1, 0.15) is 5.60 Å². The molecule has 1 amide bonds. The van der Waals surface area contributed by atoms with E-state index >= 15 is 0 Å². The minimum atomic E-state index is -4.81. The van der Waals surface area contributed by atoms with Crippen LogP contribution in [0.15, 0.2) is 18.2 Å². The first-order chi connectivity index (χ1) is 15.9. The average molecular weight is 477 g/mol. The van der Waals surface area contributed by atoms with Gasteiger partial charge in [0.2, 0.25) is 11.8 Å². The molecule has 2 aromatic rings. The first-order valence-electron chi connectivity index (χ1n) is 10.8. The molecule has 2 aliphatic heterocycles. The molecule has 8 nitrogen and oxygen atoms in total. The van der Waals surface area contributed by atoms with Crippen molar-refractivity contribution in [1.29, 1.82) is 5.26 Å². The van der Waals surface area contributed by atoms with Gasteiger partial charge in [0.25, 0.3) is 0 Å². The summed E-state index contributed by atoms with van der Waals surface area (Å²) in [6, 6.07) is 3.79. The van der Waals surface area contributed by atoms with Gasteiger partial charge in [-0.05, 0) is 50.8 Å². The molecule has 1 saturated heterocycles. The van der Waals surface area contributed by atoms with Crippen molar-refractivity contribution in [2.75, 3.05) is 6.61 Å². The van der Waals surface area contributed by atoms with Crippen LogP contribution in [0.4, 0.5) is 18.0 Å². The second-order valence-corrected chi connectivity index (χ2v) is 9.45. The fraction of sp³-hybridized carbons (Fsp3) is 0.478. The molecule has 3 heterocycles. The number of carbonyl (C=O) groups excluding carboxylic acids is 1. The zero-order valence-electron chi connectivity index (χ0n) is 18.4. The van der Waals surface area contributed by atoms with Gasteiger partial charge in [-0.15, -0.1) is 0 Å². The molecule has 1 aromatic heterocycles. The number of nitrogens with zero attached hydrogens (tertiary/aromatic N) is 2. The molecule has 1 aliphatic carbocycles. The lowest BCUT2D eigenvalue weighted by Gasteiger charge is -2.30. The van der Waals surface area contributed by atoms with E-state index < -0.39 is 52.4 Å². The molecule has 3 aliphatic rings. The first kappa shape index (κ1) is 22.4. The van der Waals surface area contributed by atoms with Crippen LogP contribution in [0.1, 0.15) is 55.4 Å². The molecule has 3 atom stereocenters. The number of nitriles is 1. The van der Waals surface area contributed by atoms with Crippen molar-refractivity contribution in [3.8, 4) is 23.5 Å². The van der Waals surface area contributed by atoms with Crippen LogP contribution in [0.5, 0.6) is 11.8 Å². The van der Waals surface area contributed by atoms with Crippen LogP contribution in [0.3, 0.4) is 0 Å². The van der Waals surface area contributed by atoms with Gasteiger partial charge in [0.15, 0.2) is 0 Å². The molecule has 0 spiro atoms. The molecule has 1 saturated carbocycles. The van der Waals surface area contributed by atoms with E-state index in [-0.39, 0.29) is 23.2 Å². The van der Waals surface area contributed by atoms with Crippen LogP contribution in [0, 0.1) is 17.2 Å². The second-order valence-electron chi connectivity index (χ2n) is 9.45. The Morgan fingerprint density at radius 3 is 2.59 bits per heavy atom. The highest BCUT2D eigenvalue weighted by atomic mass is 19.4. The third-order valence-corrected chi connectivity index (χ3v) is 6.97. The Hall–Kier alpha value is -3.39. The van der Waals surface area contributed by atoms with E-state index in [1.807, 2.05) is 0 Å². The lowest BCUT2D eigenvalue weighted by molar-refractivity contribution is -0.137. The number of aromatic nitrogens is 1.